The molecule has 0 radical (unpaired) electrons. The fourth-order valence-corrected chi connectivity index (χ4v) is 4.51. The highest BCUT2D eigenvalue weighted by Crippen LogP contribution is 2.33. The van der Waals surface area contributed by atoms with E-state index in [-0.39, 0.29) is 25.2 Å². The van der Waals surface area contributed by atoms with Gasteiger partial charge in [-0.15, -0.1) is 0 Å². The van der Waals surface area contributed by atoms with Crippen LogP contribution in [0.1, 0.15) is 30.5 Å². The topological polar surface area (TPSA) is 104 Å². The van der Waals surface area contributed by atoms with Gasteiger partial charge in [0.05, 0.1) is 0 Å². The van der Waals surface area contributed by atoms with Crippen LogP contribution in [0.15, 0.2) is 72.8 Å². The molecule has 0 saturated carbocycles. The average Bonchev–Trinajstić information content (AvgIpc) is 2.95. The minimum Gasteiger partial charge on any atom is -0.491 e. The molecule has 0 spiro atoms. The molecule has 0 aromatic heterocycles. The Labute approximate surface area is 244 Å². The van der Waals surface area contributed by atoms with Gasteiger partial charge in [0, 0.05) is 25.0 Å². The molecular weight excluding hydrogens is 520 g/mol. The van der Waals surface area contributed by atoms with E-state index in [2.05, 4.69) is 19.2 Å². The number of likely N-dealkylation sites (N-methyl/N-ethyl adjacent to an activating group) is 2. The summed E-state index contributed by atoms with van der Waals surface area (Å²) in [6.07, 6.45) is -1.94. The molecule has 8 heteroatoms. The van der Waals surface area contributed by atoms with Crippen LogP contribution in [0.4, 0.5) is 0 Å². The molecule has 3 unspecified atom stereocenters. The molecule has 0 amide bonds. The predicted molar refractivity (Wildman–Crippen MR) is 162 cm³/mol. The van der Waals surface area contributed by atoms with E-state index in [0.29, 0.717) is 25.4 Å². The van der Waals surface area contributed by atoms with E-state index in [1.165, 1.54) is 0 Å². The zero-order valence-corrected chi connectivity index (χ0v) is 24.9. The summed E-state index contributed by atoms with van der Waals surface area (Å²) in [6, 6.07) is 23.6. The summed E-state index contributed by atoms with van der Waals surface area (Å²) in [7, 11) is 3.64. The van der Waals surface area contributed by atoms with Crippen molar-refractivity contribution in [2.75, 3.05) is 53.6 Å². The van der Waals surface area contributed by atoms with Crippen LogP contribution >= 0.6 is 0 Å². The van der Waals surface area contributed by atoms with Gasteiger partial charge in [0.1, 0.15) is 55.4 Å². The van der Waals surface area contributed by atoms with Gasteiger partial charge in [0.25, 0.3) is 0 Å². The number of hydrogen-bond donors (Lipinski definition) is 4. The summed E-state index contributed by atoms with van der Waals surface area (Å²) in [5.74, 6) is 2.12. The first kappa shape index (κ1) is 32.4. The number of rotatable bonds is 17. The highest BCUT2D eigenvalue weighted by atomic mass is 16.5. The van der Waals surface area contributed by atoms with Gasteiger partial charge in [-0.1, -0.05) is 55.8 Å². The fraction of sp³-hybridized carbons (Fsp3) is 0.455. The fourth-order valence-electron chi connectivity index (χ4n) is 4.51. The summed E-state index contributed by atoms with van der Waals surface area (Å²) < 4.78 is 17.2. The molecule has 0 saturated heterocycles. The molecule has 0 aliphatic carbocycles. The van der Waals surface area contributed by atoms with Gasteiger partial charge in [0.2, 0.25) is 0 Å². The number of aliphatic hydroxyl groups is 3. The molecule has 0 fully saturated rings. The summed E-state index contributed by atoms with van der Waals surface area (Å²) in [6.45, 7) is 8.12. The number of hydrogen-bond acceptors (Lipinski definition) is 8. The smallest absolute Gasteiger partial charge is 0.119 e. The maximum absolute atomic E-state index is 10.5. The maximum Gasteiger partial charge on any atom is 0.119 e. The average molecular weight is 567 g/mol. The van der Waals surface area contributed by atoms with E-state index in [1.807, 2.05) is 91.7 Å². The predicted octanol–water partition coefficient (Wildman–Crippen LogP) is 3.39. The van der Waals surface area contributed by atoms with Crippen LogP contribution in [0.5, 0.6) is 17.2 Å². The number of nitrogens with zero attached hydrogens (tertiary/aromatic N) is 1. The van der Waals surface area contributed by atoms with Crippen LogP contribution in [0.2, 0.25) is 0 Å². The summed E-state index contributed by atoms with van der Waals surface area (Å²) in [5, 5.41) is 33.5. The van der Waals surface area contributed by atoms with E-state index < -0.39 is 18.3 Å². The van der Waals surface area contributed by atoms with E-state index in [0.717, 1.165) is 28.2 Å². The minimum absolute atomic E-state index is 0.146. The molecule has 41 heavy (non-hydrogen) atoms. The highest BCUT2D eigenvalue weighted by molar-refractivity contribution is 5.41. The highest BCUT2D eigenvalue weighted by Gasteiger charge is 2.23. The molecule has 3 aromatic carbocycles. The number of benzene rings is 3. The van der Waals surface area contributed by atoms with Crippen LogP contribution in [0.25, 0.3) is 0 Å². The lowest BCUT2D eigenvalue weighted by Crippen LogP contribution is -2.39. The lowest BCUT2D eigenvalue weighted by atomic mass is 9.78. The third-order valence-electron chi connectivity index (χ3n) is 6.98. The van der Waals surface area contributed by atoms with Crippen LogP contribution < -0.4 is 19.5 Å². The molecule has 4 N–H and O–H groups in total. The second kappa shape index (κ2) is 15.7. The van der Waals surface area contributed by atoms with E-state index >= 15 is 0 Å². The maximum atomic E-state index is 10.5. The second-order valence-electron chi connectivity index (χ2n) is 11.2. The zero-order valence-electron chi connectivity index (χ0n) is 24.9. The third-order valence-corrected chi connectivity index (χ3v) is 6.98. The lowest BCUT2D eigenvalue weighted by Gasteiger charge is -2.27. The van der Waals surface area contributed by atoms with Crippen molar-refractivity contribution in [2.24, 2.45) is 0 Å². The largest absolute Gasteiger partial charge is 0.491 e. The number of nitrogens with one attached hydrogen (secondary N) is 1. The van der Waals surface area contributed by atoms with Crippen molar-refractivity contribution < 1.29 is 29.5 Å². The van der Waals surface area contributed by atoms with Crippen LogP contribution in [0.3, 0.4) is 0 Å². The number of ether oxygens (including phenoxy) is 3. The van der Waals surface area contributed by atoms with Gasteiger partial charge < -0.3 is 39.7 Å². The van der Waals surface area contributed by atoms with Gasteiger partial charge in [-0.25, -0.2) is 0 Å². The molecule has 3 aromatic rings. The molecule has 0 aliphatic rings. The standard InChI is InChI=1S/C33H46N2O6/c1-24-6-12-30(13-7-24)40-22-28(37)19-35(5)20-29(38)23-41-32-16-10-26(11-17-32)33(2,3)25-8-14-31(15-9-25)39-21-27(36)18-34-4/h6-17,27-29,34,36-38H,18-23H2,1-5H3. The van der Waals surface area contributed by atoms with Crippen LogP contribution in [-0.2, 0) is 5.41 Å². The normalized spacial score (nSPS) is 14.0. The molecule has 0 heterocycles. The van der Waals surface area contributed by atoms with E-state index in [9.17, 15) is 15.3 Å². The molecule has 8 nitrogen and oxygen atoms in total. The minimum atomic E-state index is -0.707. The van der Waals surface area contributed by atoms with Crippen molar-refractivity contribution in [2.45, 2.75) is 44.5 Å². The lowest BCUT2D eigenvalue weighted by molar-refractivity contribution is 0.0413. The molecular formula is C33H46N2O6. The Morgan fingerprint density at radius 3 is 1.41 bits per heavy atom. The number of aliphatic hydroxyl groups excluding tert-OH is 3. The first-order valence-corrected chi connectivity index (χ1v) is 14.1. The Bertz CT molecular complexity index is 1150. The Morgan fingerprint density at radius 2 is 1.02 bits per heavy atom. The Balaban J connectivity index is 1.42. The quantitative estimate of drug-likeness (QED) is 0.197. The van der Waals surface area contributed by atoms with Crippen molar-refractivity contribution in [1.29, 1.82) is 0 Å². The van der Waals surface area contributed by atoms with E-state index in [4.69, 9.17) is 14.2 Å². The van der Waals surface area contributed by atoms with Crippen molar-refractivity contribution in [1.82, 2.24) is 10.2 Å². The summed E-state index contributed by atoms with van der Waals surface area (Å²) in [5.41, 5.74) is 3.18. The van der Waals surface area contributed by atoms with Gasteiger partial charge in [-0.3, -0.25) is 0 Å². The molecule has 224 valence electrons. The third kappa shape index (κ3) is 10.6. The molecule has 0 aliphatic heterocycles. The Kier molecular flexibility index (Phi) is 12.4. The van der Waals surface area contributed by atoms with Crippen LogP contribution in [-0.4, -0.2) is 92.1 Å². The van der Waals surface area contributed by atoms with Crippen LogP contribution in [0, 0.1) is 6.92 Å². The first-order valence-electron chi connectivity index (χ1n) is 14.1. The SMILES string of the molecule is CNCC(O)COc1ccc(C(C)(C)c2ccc(OCC(O)CN(C)CC(O)COc3ccc(C)cc3)cc2)cc1. The monoisotopic (exact) mass is 566 g/mol. The van der Waals surface area contributed by atoms with Gasteiger partial charge >= 0.3 is 0 Å². The Hall–Kier alpha value is -3.14. The first-order chi connectivity index (χ1) is 19.6. The van der Waals surface area contributed by atoms with Gasteiger partial charge in [-0.2, -0.15) is 0 Å². The zero-order chi connectivity index (χ0) is 29.8. The summed E-state index contributed by atoms with van der Waals surface area (Å²) >= 11 is 0. The number of aryl methyl sites for hydroxylation is 1. The summed E-state index contributed by atoms with van der Waals surface area (Å²) in [4.78, 5) is 1.86. The van der Waals surface area contributed by atoms with Crippen molar-refractivity contribution in [3.05, 3.63) is 89.5 Å². The molecule has 3 rings (SSSR count). The Morgan fingerprint density at radius 1 is 0.659 bits per heavy atom. The van der Waals surface area contributed by atoms with Crippen molar-refractivity contribution in [3.8, 4) is 17.2 Å². The molecule has 3 atom stereocenters. The molecule has 0 bridgehead atoms. The van der Waals surface area contributed by atoms with Gasteiger partial charge in [0.15, 0.2) is 0 Å². The van der Waals surface area contributed by atoms with Gasteiger partial charge in [-0.05, 0) is 68.5 Å². The second-order valence-corrected chi connectivity index (χ2v) is 11.2. The van der Waals surface area contributed by atoms with Crippen molar-refractivity contribution in [3.63, 3.8) is 0 Å². The van der Waals surface area contributed by atoms with E-state index in [1.54, 1.807) is 7.05 Å². The van der Waals surface area contributed by atoms with Crippen molar-refractivity contribution >= 4 is 0 Å².